The van der Waals surface area contributed by atoms with Crippen LogP contribution in [0.5, 0.6) is 0 Å². The van der Waals surface area contributed by atoms with Crippen LogP contribution in [0, 0.1) is 14.9 Å². The summed E-state index contributed by atoms with van der Waals surface area (Å²) < 4.78 is 0. The molecule has 0 fully saturated rings. The van der Waals surface area contributed by atoms with Crippen LogP contribution in [0.1, 0.15) is 36.1 Å². The average Bonchev–Trinajstić information content (AvgIpc) is 3.73. The molecular weight excluding hydrogens is 648 g/mol. The second kappa shape index (κ2) is 13.0. The number of benzene rings is 6. The molecule has 7 aromatic rings. The van der Waals surface area contributed by atoms with Crippen LogP contribution in [0.2, 0.25) is 6.55 Å². The van der Waals surface area contributed by atoms with Crippen LogP contribution in [0.4, 0.5) is 0 Å². The van der Waals surface area contributed by atoms with Crippen LogP contribution >= 0.6 is 0 Å². The van der Waals surface area contributed by atoms with E-state index in [4.69, 9.17) is 0 Å². The summed E-state index contributed by atoms with van der Waals surface area (Å²) in [5.74, 6) is 0. The van der Waals surface area contributed by atoms with Crippen molar-refractivity contribution in [3.8, 4) is 0 Å². The largest absolute Gasteiger partial charge is 3.00 e. The predicted molar refractivity (Wildman–Crippen MR) is 203 cm³/mol. The van der Waals surface area contributed by atoms with Crippen molar-refractivity contribution in [3.63, 3.8) is 0 Å². The van der Waals surface area contributed by atoms with Crippen molar-refractivity contribution in [1.82, 2.24) is 0 Å². The molecule has 223 valence electrons. The molecule has 46 heavy (non-hydrogen) atoms. The SMILES string of the molecule is CC1=C([Si](C)(C2=C(C)c3cccc4cccc2c34)c2ccccc2)c2cccc3cccc1c23.[CH3-].[CH3-].[Zr+3].c1ccc2[cH-]ccc2c1. The van der Waals surface area contributed by atoms with Gasteiger partial charge in [0.25, 0.3) is 0 Å². The minimum absolute atomic E-state index is 0. The molecular formula is C44H39SiZr. The molecule has 0 N–H and O–H groups in total. The Morgan fingerprint density at radius 3 is 1.39 bits per heavy atom. The van der Waals surface area contributed by atoms with Gasteiger partial charge in [0.05, 0.1) is 0 Å². The first kappa shape index (κ1) is 33.4. The van der Waals surface area contributed by atoms with Gasteiger partial charge in [-0.25, -0.2) is 0 Å². The van der Waals surface area contributed by atoms with E-state index in [2.05, 4.69) is 166 Å². The normalized spacial score (nSPS) is 12.8. The molecule has 0 saturated heterocycles. The minimum atomic E-state index is -2.37. The van der Waals surface area contributed by atoms with E-state index < -0.39 is 8.07 Å². The van der Waals surface area contributed by atoms with Gasteiger partial charge < -0.3 is 14.9 Å². The zero-order valence-corrected chi connectivity index (χ0v) is 30.8. The fourth-order valence-corrected chi connectivity index (χ4v) is 12.9. The predicted octanol–water partition coefficient (Wildman–Crippen LogP) is 11.7. The molecule has 0 unspecified atom stereocenters. The quantitative estimate of drug-likeness (QED) is 0.128. The molecule has 0 amide bonds. The van der Waals surface area contributed by atoms with E-state index in [-0.39, 0.29) is 41.1 Å². The number of fused-ring (bicyclic) bond motifs is 1. The van der Waals surface area contributed by atoms with E-state index in [0.29, 0.717) is 0 Å². The number of rotatable bonds is 3. The molecule has 0 nitrogen and oxygen atoms in total. The molecule has 0 spiro atoms. The molecule has 0 bridgehead atoms. The maximum absolute atomic E-state index is 2.59. The molecule has 0 aromatic heterocycles. The molecule has 0 atom stereocenters. The summed E-state index contributed by atoms with van der Waals surface area (Å²) in [5, 5.41) is 12.8. The number of hydrogen-bond donors (Lipinski definition) is 0. The smallest absolute Gasteiger partial charge is 0.358 e. The first-order valence-corrected chi connectivity index (χ1v) is 17.7. The summed E-state index contributed by atoms with van der Waals surface area (Å²) in [6, 6.07) is 53.3. The zero-order valence-electron chi connectivity index (χ0n) is 27.4. The van der Waals surface area contributed by atoms with E-state index >= 15 is 0 Å². The fraction of sp³-hybridized carbons (Fsp3) is 0.0682. The van der Waals surface area contributed by atoms with Gasteiger partial charge in [-0.2, -0.15) is 17.5 Å². The van der Waals surface area contributed by atoms with Crippen molar-refractivity contribution < 1.29 is 26.2 Å². The zero-order chi connectivity index (χ0) is 29.1. The van der Waals surface area contributed by atoms with Crippen LogP contribution in [0.3, 0.4) is 0 Å². The van der Waals surface area contributed by atoms with Gasteiger partial charge in [0.1, 0.15) is 8.07 Å². The molecule has 0 saturated carbocycles. The molecule has 7 aromatic carbocycles. The Bertz CT molecular complexity index is 2120. The Kier molecular flexibility index (Phi) is 9.46. The fourth-order valence-electron chi connectivity index (χ4n) is 7.94. The van der Waals surface area contributed by atoms with Gasteiger partial charge in [0, 0.05) is 0 Å². The summed E-state index contributed by atoms with van der Waals surface area (Å²) in [7, 11) is -2.37. The number of hydrogen-bond acceptors (Lipinski definition) is 0. The maximum atomic E-state index is 2.59. The van der Waals surface area contributed by atoms with Crippen LogP contribution in [0.15, 0.2) is 146 Å². The van der Waals surface area contributed by atoms with Crippen LogP contribution < -0.4 is 5.19 Å². The Morgan fingerprint density at radius 2 is 0.891 bits per heavy atom. The Morgan fingerprint density at radius 1 is 0.457 bits per heavy atom. The van der Waals surface area contributed by atoms with Crippen molar-refractivity contribution >= 4 is 67.1 Å². The Hall–Kier alpha value is -3.97. The third kappa shape index (κ3) is 4.95. The maximum Gasteiger partial charge on any atom is 3.00 e. The van der Waals surface area contributed by atoms with Gasteiger partial charge in [-0.1, -0.05) is 116 Å². The van der Waals surface area contributed by atoms with Gasteiger partial charge in [-0.05, 0) is 84.4 Å². The van der Waals surface area contributed by atoms with E-state index in [1.807, 2.05) is 0 Å². The van der Waals surface area contributed by atoms with Crippen LogP contribution in [-0.4, -0.2) is 8.07 Å². The summed E-state index contributed by atoms with van der Waals surface area (Å²) in [4.78, 5) is 0. The molecule has 2 aliphatic rings. The van der Waals surface area contributed by atoms with E-state index in [1.165, 1.54) is 70.9 Å². The third-order valence-electron chi connectivity index (χ3n) is 9.80. The molecule has 2 heteroatoms. The second-order valence-electron chi connectivity index (χ2n) is 12.1. The van der Waals surface area contributed by atoms with Crippen molar-refractivity contribution in [3.05, 3.63) is 183 Å². The summed E-state index contributed by atoms with van der Waals surface area (Å²) >= 11 is 0. The Labute approximate surface area is 294 Å². The second-order valence-corrected chi connectivity index (χ2v) is 15.9. The summed E-state index contributed by atoms with van der Waals surface area (Å²) in [6.45, 7) is 7.31. The molecule has 0 aliphatic heterocycles. The van der Waals surface area contributed by atoms with Gasteiger partial charge in [0.15, 0.2) is 0 Å². The van der Waals surface area contributed by atoms with Crippen molar-refractivity contribution in [2.45, 2.75) is 20.4 Å². The molecule has 0 heterocycles. The van der Waals surface area contributed by atoms with E-state index in [9.17, 15) is 0 Å². The van der Waals surface area contributed by atoms with Crippen molar-refractivity contribution in [1.29, 1.82) is 0 Å². The standard InChI is InChI=1S/C33H26Si.C9H7.2CH3.Zr/c1-21-26-17-7-11-23-13-9-19-28(30(23)26)32(21)34(3,25-15-5-4-6-16-25)33-22(2)27-18-8-12-24-14-10-20-29(33)31(24)27;1-2-5-9-7-3-6-8(9)4-1;;;/h4-20H,1-3H3;1-7H;2*1H3;/q;3*-1;+3. The van der Waals surface area contributed by atoms with Crippen LogP contribution in [0.25, 0.3) is 53.9 Å². The van der Waals surface area contributed by atoms with Gasteiger partial charge in [-0.15, -0.1) is 29.7 Å². The third-order valence-corrected chi connectivity index (χ3v) is 14.6. The topological polar surface area (TPSA) is 0 Å². The summed E-state index contributed by atoms with van der Waals surface area (Å²) in [6.07, 6.45) is 0. The van der Waals surface area contributed by atoms with Gasteiger partial charge in [0.2, 0.25) is 0 Å². The average molecular weight is 687 g/mol. The monoisotopic (exact) mass is 685 g/mol. The van der Waals surface area contributed by atoms with E-state index in [1.54, 1.807) is 10.4 Å². The summed E-state index contributed by atoms with van der Waals surface area (Å²) in [5.41, 5.74) is 8.59. The first-order chi connectivity index (χ1) is 21.1. The molecule has 1 radical (unpaired) electrons. The first-order valence-electron chi connectivity index (χ1n) is 15.2. The minimum Gasteiger partial charge on any atom is -0.358 e. The van der Waals surface area contributed by atoms with Crippen molar-refractivity contribution in [2.24, 2.45) is 0 Å². The van der Waals surface area contributed by atoms with Gasteiger partial charge >= 0.3 is 26.2 Å². The van der Waals surface area contributed by atoms with Crippen molar-refractivity contribution in [2.75, 3.05) is 0 Å². The van der Waals surface area contributed by atoms with E-state index in [0.717, 1.165) is 0 Å². The van der Waals surface area contributed by atoms with Crippen LogP contribution in [-0.2, 0) is 26.2 Å². The number of allylic oxidation sites excluding steroid dienone is 2. The molecule has 9 rings (SSSR count). The molecule has 2 aliphatic carbocycles. The Balaban J connectivity index is 0.000000300. The van der Waals surface area contributed by atoms with Gasteiger partial charge in [-0.3, -0.25) is 0 Å².